The van der Waals surface area contributed by atoms with Crippen LogP contribution >= 0.6 is 0 Å². The lowest BCUT2D eigenvalue weighted by atomic mass is 9.92. The Morgan fingerprint density at radius 2 is 1.53 bits per heavy atom. The summed E-state index contributed by atoms with van der Waals surface area (Å²) in [6.07, 6.45) is 5.45. The number of likely N-dealkylation sites (tertiary alicyclic amines) is 1. The maximum Gasteiger partial charge on any atom is 0.425 e. The highest BCUT2D eigenvalue weighted by Gasteiger charge is 2.48. The molecule has 1 spiro atoms. The largest absolute Gasteiger partial charge is 0.467 e. The van der Waals surface area contributed by atoms with Crippen LogP contribution in [0, 0.1) is 5.82 Å². The minimum absolute atomic E-state index is 0.00613. The van der Waals surface area contributed by atoms with Crippen LogP contribution in [0.15, 0.2) is 67.0 Å². The number of imide groups is 2. The summed E-state index contributed by atoms with van der Waals surface area (Å²) in [5.74, 6) is -1.08. The zero-order valence-corrected chi connectivity index (χ0v) is 48.6. The normalized spacial score (nSPS) is 23.0. The van der Waals surface area contributed by atoms with Crippen molar-refractivity contribution in [3.05, 3.63) is 78.4 Å². The quantitative estimate of drug-likeness (QED) is 0.109. The van der Waals surface area contributed by atoms with Crippen molar-refractivity contribution in [3.63, 3.8) is 0 Å². The number of aromatic nitrogens is 4. The van der Waals surface area contributed by atoms with Gasteiger partial charge in [-0.15, -0.1) is 10.2 Å². The SMILES string of the molecule is CCc1cn(C2COC3(CCN(CC4(F)CCN(c5cc(N6C7CCC6CN(c6cc(-c8ccccc8OCOC)nnc6N(C(=O)OC(C)(C)C)C(=O)OC(C)(C)C)C7)ccc5F)CC4)C3)OC2)c2ncc(N3CCC(=O)NC3=O)cc12. The highest BCUT2D eigenvalue weighted by atomic mass is 19.1. The molecule has 2 bridgehead atoms. The molecule has 0 radical (unpaired) electrons. The average Bonchev–Trinajstić information content (AvgIpc) is 4.33. The fraction of sp³-hybridized carbons (Fsp3) is 0.550. The van der Waals surface area contributed by atoms with Crippen molar-refractivity contribution in [1.82, 2.24) is 30.0 Å². The number of methoxy groups -OCH3 is 1. The highest BCUT2D eigenvalue weighted by molar-refractivity contribution is 6.11. The minimum Gasteiger partial charge on any atom is -0.467 e. The van der Waals surface area contributed by atoms with Crippen LogP contribution in [0.3, 0.4) is 0 Å². The maximum atomic E-state index is 17.0. The first-order valence-corrected chi connectivity index (χ1v) is 28.8. The lowest BCUT2D eigenvalue weighted by molar-refractivity contribution is -0.270. The molecule has 2 atom stereocenters. The molecule has 6 fully saturated rings. The number of nitrogens with zero attached hydrogens (tertiary/aromatic N) is 10. The second-order valence-electron chi connectivity index (χ2n) is 24.6. The van der Waals surface area contributed by atoms with Crippen LogP contribution < -0.4 is 34.6 Å². The molecule has 9 heterocycles. The third kappa shape index (κ3) is 12.1. The van der Waals surface area contributed by atoms with Crippen molar-refractivity contribution in [2.24, 2.45) is 0 Å². The average molecular weight is 1150 g/mol. The van der Waals surface area contributed by atoms with E-state index in [0.717, 1.165) is 46.4 Å². The number of aryl methyl sites for hydroxylation is 1. The number of hydrogen-bond donors (Lipinski definition) is 1. The Hall–Kier alpha value is -7.21. The summed E-state index contributed by atoms with van der Waals surface area (Å²) in [7, 11) is 1.53. The number of nitrogens with one attached hydrogen (secondary N) is 1. The van der Waals surface area contributed by atoms with Gasteiger partial charge in [-0.3, -0.25) is 19.9 Å². The number of alkyl halides is 1. The van der Waals surface area contributed by atoms with Crippen LogP contribution in [0.2, 0.25) is 0 Å². The third-order valence-electron chi connectivity index (χ3n) is 16.4. The first kappa shape index (κ1) is 57.6. The van der Waals surface area contributed by atoms with E-state index in [1.165, 1.54) is 18.1 Å². The van der Waals surface area contributed by atoms with Gasteiger partial charge >= 0.3 is 18.2 Å². The predicted molar refractivity (Wildman–Crippen MR) is 307 cm³/mol. The van der Waals surface area contributed by atoms with Crippen molar-refractivity contribution in [2.45, 2.75) is 134 Å². The van der Waals surface area contributed by atoms with Gasteiger partial charge in [0.25, 0.3) is 0 Å². The molecule has 444 valence electrons. The Kier molecular flexibility index (Phi) is 15.8. The molecular formula is C60H75F2N11O10. The number of hydrogen-bond acceptors (Lipinski definition) is 17. The number of ether oxygens (including phenoxy) is 6. The molecule has 0 aliphatic carbocycles. The van der Waals surface area contributed by atoms with E-state index in [-0.39, 0.29) is 74.8 Å². The Morgan fingerprint density at radius 1 is 0.831 bits per heavy atom. The van der Waals surface area contributed by atoms with Crippen molar-refractivity contribution < 1.29 is 56.4 Å². The van der Waals surface area contributed by atoms with E-state index in [4.69, 9.17) is 33.4 Å². The number of halogens is 2. The number of piperidine rings is 1. The number of fused-ring (bicyclic) bond motifs is 3. The van der Waals surface area contributed by atoms with Gasteiger partial charge in [0.05, 0.1) is 54.8 Å². The van der Waals surface area contributed by atoms with Crippen molar-refractivity contribution in [1.29, 1.82) is 0 Å². The first-order valence-electron chi connectivity index (χ1n) is 28.8. The number of piperazine rings is 1. The van der Waals surface area contributed by atoms with Gasteiger partial charge in [0.1, 0.15) is 34.1 Å². The summed E-state index contributed by atoms with van der Waals surface area (Å²) in [5, 5.41) is 12.5. The molecule has 2 aromatic carbocycles. The number of benzene rings is 2. The van der Waals surface area contributed by atoms with Gasteiger partial charge in [-0.25, -0.2) is 28.1 Å². The molecule has 23 heteroatoms. The molecule has 1 N–H and O–H groups in total. The van der Waals surface area contributed by atoms with E-state index < -0.39 is 40.9 Å². The summed E-state index contributed by atoms with van der Waals surface area (Å²) < 4.78 is 71.0. The molecule has 0 saturated carbocycles. The number of rotatable bonds is 13. The van der Waals surface area contributed by atoms with Gasteiger partial charge < -0.3 is 47.7 Å². The minimum atomic E-state index is -1.50. The van der Waals surface area contributed by atoms with Crippen molar-refractivity contribution >= 4 is 63.7 Å². The Labute approximate surface area is 482 Å². The summed E-state index contributed by atoms with van der Waals surface area (Å²) in [6.45, 7) is 16.2. The number of carbonyl (C=O) groups excluding carboxylic acids is 4. The van der Waals surface area contributed by atoms with Gasteiger partial charge in [0.15, 0.2) is 18.4 Å². The van der Waals surface area contributed by atoms with Crippen LogP contribution in [0.4, 0.5) is 51.7 Å². The number of carbonyl (C=O) groups is 4. The molecule has 5 aromatic rings. The molecular weight excluding hydrogens is 1070 g/mol. The van der Waals surface area contributed by atoms with E-state index >= 15 is 8.78 Å². The van der Waals surface area contributed by atoms with E-state index in [1.54, 1.807) is 59.9 Å². The zero-order chi connectivity index (χ0) is 58.6. The highest BCUT2D eigenvalue weighted by Crippen LogP contribution is 2.44. The van der Waals surface area contributed by atoms with E-state index in [2.05, 4.69) is 47.9 Å². The molecule has 6 aliphatic rings. The number of urea groups is 1. The molecule has 6 saturated heterocycles. The topological polar surface area (TPSA) is 199 Å². The van der Waals surface area contributed by atoms with Crippen LogP contribution in [0.5, 0.6) is 5.75 Å². The molecule has 6 aliphatic heterocycles. The smallest absolute Gasteiger partial charge is 0.425 e. The fourth-order valence-electron chi connectivity index (χ4n) is 12.5. The fourth-order valence-corrected chi connectivity index (χ4v) is 12.5. The second-order valence-corrected chi connectivity index (χ2v) is 24.6. The van der Waals surface area contributed by atoms with Crippen LogP contribution in [0.1, 0.15) is 98.6 Å². The Bertz CT molecular complexity index is 3220. The van der Waals surface area contributed by atoms with Gasteiger partial charge in [-0.1, -0.05) is 19.1 Å². The van der Waals surface area contributed by atoms with Crippen LogP contribution in [-0.2, 0) is 34.9 Å². The molecule has 83 heavy (non-hydrogen) atoms. The van der Waals surface area contributed by atoms with E-state index in [1.807, 2.05) is 41.3 Å². The summed E-state index contributed by atoms with van der Waals surface area (Å²) >= 11 is 0. The zero-order valence-electron chi connectivity index (χ0n) is 48.6. The lowest BCUT2D eigenvalue weighted by Gasteiger charge is -2.44. The molecule has 3 aromatic heterocycles. The van der Waals surface area contributed by atoms with E-state index in [9.17, 15) is 19.2 Å². The van der Waals surface area contributed by atoms with Crippen LogP contribution in [-0.4, -0.2) is 163 Å². The van der Waals surface area contributed by atoms with Crippen molar-refractivity contribution in [3.8, 4) is 17.0 Å². The number of pyridine rings is 1. The van der Waals surface area contributed by atoms with E-state index in [0.29, 0.717) is 93.0 Å². The summed E-state index contributed by atoms with van der Waals surface area (Å²) in [4.78, 5) is 68.2. The number of para-hydroxylation sites is 1. The summed E-state index contributed by atoms with van der Waals surface area (Å²) in [6, 6.07) is 15.6. The standard InChI is InChI=1S/C60H75F2N11O10/c1-9-38-30-71(52-45(38)26-42(29-63-52)70-22-18-51(74)64-54(70)75)43-33-80-60(81-34-43)21-23-67(36-60)35-59(62)19-24-68(25-20-59)48-27-39(16-17-46(48)61)72-40-14-15-41(72)32-69(31-40)49-28-47(44-12-10-11-13-50(44)79-37-78-8)65-66-53(49)73(55(76)82-57(2,3)4)56(77)83-58(5,6)7/h10-13,16-17,26-30,40-41,43H,9,14-15,18-25,31-37H2,1-8H3,(H,64,74,75). The third-order valence-corrected chi connectivity index (χ3v) is 16.4. The monoisotopic (exact) mass is 1150 g/mol. The second kappa shape index (κ2) is 22.8. The Balaban J connectivity index is 0.752. The van der Waals surface area contributed by atoms with Gasteiger partial charge in [0.2, 0.25) is 5.91 Å². The summed E-state index contributed by atoms with van der Waals surface area (Å²) in [5.41, 5.74) is 1.82. The predicted octanol–water partition coefficient (Wildman–Crippen LogP) is 9.16. The molecule has 5 amide bonds. The van der Waals surface area contributed by atoms with Gasteiger partial charge in [-0.05, 0) is 109 Å². The molecule has 21 nitrogen and oxygen atoms in total. The number of amides is 5. The van der Waals surface area contributed by atoms with Gasteiger partial charge in [-0.2, -0.15) is 4.90 Å². The maximum absolute atomic E-state index is 17.0. The molecule has 2 unspecified atom stereocenters. The lowest BCUT2D eigenvalue weighted by Crippen LogP contribution is -2.55. The Morgan fingerprint density at radius 3 is 2.19 bits per heavy atom. The van der Waals surface area contributed by atoms with Crippen LogP contribution in [0.25, 0.3) is 22.3 Å². The first-order chi connectivity index (χ1) is 39.6. The van der Waals surface area contributed by atoms with Gasteiger partial charge in [0, 0.05) is 114 Å². The molecule has 11 rings (SSSR count). The van der Waals surface area contributed by atoms with Crippen molar-refractivity contribution in [2.75, 3.05) is 104 Å². The number of anilines is 5.